The van der Waals surface area contributed by atoms with Crippen molar-refractivity contribution in [2.45, 2.75) is 0 Å². The van der Waals surface area contributed by atoms with Gasteiger partial charge in [0.15, 0.2) is 6.61 Å². The summed E-state index contributed by atoms with van der Waals surface area (Å²) in [6, 6.07) is 23.6. The summed E-state index contributed by atoms with van der Waals surface area (Å²) in [4.78, 5) is 36.1. The van der Waals surface area contributed by atoms with E-state index in [9.17, 15) is 19.6 Å². The van der Waals surface area contributed by atoms with Gasteiger partial charge in [0.1, 0.15) is 17.4 Å². The van der Waals surface area contributed by atoms with Crippen molar-refractivity contribution < 1.29 is 23.9 Å². The zero-order valence-corrected chi connectivity index (χ0v) is 18.3. The highest BCUT2D eigenvalue weighted by molar-refractivity contribution is 6.09. The first-order chi connectivity index (χ1) is 16.5. The highest BCUT2D eigenvalue weighted by Crippen LogP contribution is 2.17. The molecule has 0 saturated heterocycles. The van der Waals surface area contributed by atoms with E-state index in [4.69, 9.17) is 4.74 Å². The van der Waals surface area contributed by atoms with E-state index in [0.717, 1.165) is 0 Å². The van der Waals surface area contributed by atoms with E-state index >= 15 is 0 Å². The second-order valence-electron chi connectivity index (χ2n) is 6.97. The van der Waals surface area contributed by atoms with Crippen LogP contribution in [0.15, 0.2) is 84.4 Å². The predicted octanol–water partition coefficient (Wildman–Crippen LogP) is 4.04. The fraction of sp³-hybridized carbons (Fsp3) is 0.0769. The average molecular weight is 455 g/mol. The summed E-state index contributed by atoms with van der Waals surface area (Å²) in [7, 11) is 1.28. The number of anilines is 2. The van der Waals surface area contributed by atoms with Gasteiger partial charge in [-0.3, -0.25) is 9.59 Å². The molecule has 0 aromatic heterocycles. The maximum atomic E-state index is 12.5. The van der Waals surface area contributed by atoms with E-state index in [-0.39, 0.29) is 18.1 Å². The summed E-state index contributed by atoms with van der Waals surface area (Å²) in [5, 5.41) is 14.8. The molecule has 0 aliphatic heterocycles. The molecule has 34 heavy (non-hydrogen) atoms. The minimum Gasteiger partial charge on any atom is -0.484 e. The Hall–Kier alpha value is -4.90. The molecule has 0 aliphatic carbocycles. The molecule has 0 fully saturated rings. The molecule has 3 aromatic rings. The van der Waals surface area contributed by atoms with Crippen molar-refractivity contribution >= 4 is 35.2 Å². The van der Waals surface area contributed by atoms with E-state index in [2.05, 4.69) is 15.4 Å². The number of methoxy groups -OCH3 is 1. The SMILES string of the molecule is COC(=O)c1ccc(NC(=O)/C(C#N)=C\c2cccc(OCC(=O)Nc3ccccc3)c2)cc1. The third-order valence-electron chi connectivity index (χ3n) is 4.53. The van der Waals surface area contributed by atoms with Crippen LogP contribution >= 0.6 is 0 Å². The van der Waals surface area contributed by atoms with Gasteiger partial charge >= 0.3 is 5.97 Å². The fourth-order valence-electron chi connectivity index (χ4n) is 2.88. The molecule has 0 radical (unpaired) electrons. The first kappa shape index (κ1) is 23.8. The number of amides is 2. The minimum absolute atomic E-state index is 0.129. The quantitative estimate of drug-likeness (QED) is 0.301. The summed E-state index contributed by atoms with van der Waals surface area (Å²) in [5.41, 5.74) is 1.84. The van der Waals surface area contributed by atoms with Gasteiger partial charge in [-0.1, -0.05) is 30.3 Å². The molecule has 0 spiro atoms. The van der Waals surface area contributed by atoms with E-state index in [0.29, 0.717) is 28.3 Å². The van der Waals surface area contributed by atoms with Crippen molar-refractivity contribution in [1.29, 1.82) is 5.26 Å². The van der Waals surface area contributed by atoms with Gasteiger partial charge in [0, 0.05) is 11.4 Å². The number of carbonyl (C=O) groups excluding carboxylic acids is 3. The van der Waals surface area contributed by atoms with Crippen LogP contribution in [-0.2, 0) is 14.3 Å². The lowest BCUT2D eigenvalue weighted by molar-refractivity contribution is -0.118. The van der Waals surface area contributed by atoms with Crippen molar-refractivity contribution in [2.24, 2.45) is 0 Å². The number of hydrogen-bond acceptors (Lipinski definition) is 6. The molecule has 0 saturated carbocycles. The number of hydrogen-bond donors (Lipinski definition) is 2. The Kier molecular flexibility index (Phi) is 8.14. The Morgan fingerprint density at radius 2 is 1.62 bits per heavy atom. The summed E-state index contributed by atoms with van der Waals surface area (Å²) in [6.07, 6.45) is 1.41. The molecule has 2 amide bonds. The molecule has 3 aromatic carbocycles. The molecular formula is C26H21N3O5. The lowest BCUT2D eigenvalue weighted by Gasteiger charge is -2.08. The third kappa shape index (κ3) is 6.80. The molecule has 8 nitrogen and oxygen atoms in total. The van der Waals surface area contributed by atoms with Crippen molar-refractivity contribution in [3.05, 3.63) is 95.6 Å². The first-order valence-corrected chi connectivity index (χ1v) is 10.2. The first-order valence-electron chi connectivity index (χ1n) is 10.2. The third-order valence-corrected chi connectivity index (χ3v) is 4.53. The highest BCUT2D eigenvalue weighted by Gasteiger charge is 2.11. The zero-order valence-electron chi connectivity index (χ0n) is 18.3. The number of esters is 1. The molecule has 0 atom stereocenters. The smallest absolute Gasteiger partial charge is 0.337 e. The van der Waals surface area contributed by atoms with Gasteiger partial charge in [0.25, 0.3) is 11.8 Å². The Balaban J connectivity index is 1.62. The zero-order chi connectivity index (χ0) is 24.3. The fourth-order valence-corrected chi connectivity index (χ4v) is 2.88. The number of carbonyl (C=O) groups is 3. The van der Waals surface area contributed by atoms with Gasteiger partial charge in [0.2, 0.25) is 0 Å². The van der Waals surface area contributed by atoms with Gasteiger partial charge in [0.05, 0.1) is 12.7 Å². The maximum Gasteiger partial charge on any atom is 0.337 e. The topological polar surface area (TPSA) is 118 Å². The minimum atomic E-state index is -0.609. The Morgan fingerprint density at radius 1 is 0.912 bits per heavy atom. The second kappa shape index (κ2) is 11.6. The van der Waals surface area contributed by atoms with Crippen molar-refractivity contribution in [2.75, 3.05) is 24.4 Å². The van der Waals surface area contributed by atoms with Crippen LogP contribution in [0.25, 0.3) is 6.08 Å². The van der Waals surface area contributed by atoms with Gasteiger partial charge in [-0.2, -0.15) is 5.26 Å². The van der Waals surface area contributed by atoms with Crippen molar-refractivity contribution in [3.8, 4) is 11.8 Å². The summed E-state index contributed by atoms with van der Waals surface area (Å²) >= 11 is 0. The van der Waals surface area contributed by atoms with Crippen LogP contribution in [-0.4, -0.2) is 31.5 Å². The van der Waals surface area contributed by atoms with Crippen LogP contribution in [0.1, 0.15) is 15.9 Å². The van der Waals surface area contributed by atoms with E-state index in [1.165, 1.54) is 37.5 Å². The second-order valence-corrected chi connectivity index (χ2v) is 6.97. The highest BCUT2D eigenvalue weighted by atomic mass is 16.5. The van der Waals surface area contributed by atoms with Gasteiger partial charge in [-0.05, 0) is 60.2 Å². The Labute approximate surface area is 196 Å². The molecule has 3 rings (SSSR count). The lowest BCUT2D eigenvalue weighted by atomic mass is 10.1. The van der Waals surface area contributed by atoms with Crippen LogP contribution in [0, 0.1) is 11.3 Å². The monoisotopic (exact) mass is 455 g/mol. The lowest BCUT2D eigenvalue weighted by Crippen LogP contribution is -2.20. The maximum absolute atomic E-state index is 12.5. The summed E-state index contributed by atoms with van der Waals surface area (Å²) < 4.78 is 10.2. The number of ether oxygens (including phenoxy) is 2. The van der Waals surface area contributed by atoms with Crippen molar-refractivity contribution in [1.82, 2.24) is 0 Å². The number of nitrogens with zero attached hydrogens (tertiary/aromatic N) is 1. The van der Waals surface area contributed by atoms with Gasteiger partial charge < -0.3 is 20.1 Å². The summed E-state index contributed by atoms with van der Waals surface area (Å²) in [6.45, 7) is -0.199. The normalized spacial score (nSPS) is 10.5. The predicted molar refractivity (Wildman–Crippen MR) is 127 cm³/mol. The van der Waals surface area contributed by atoms with Crippen LogP contribution in [0.2, 0.25) is 0 Å². The van der Waals surface area contributed by atoms with Crippen LogP contribution in [0.5, 0.6) is 5.75 Å². The Morgan fingerprint density at radius 3 is 2.29 bits per heavy atom. The molecule has 2 N–H and O–H groups in total. The number of nitrogens with one attached hydrogen (secondary N) is 2. The number of para-hydroxylation sites is 1. The molecule has 0 bridgehead atoms. The molecule has 0 heterocycles. The number of benzene rings is 3. The van der Waals surface area contributed by atoms with E-state index in [1.807, 2.05) is 24.3 Å². The molecule has 0 aliphatic rings. The molecular weight excluding hydrogens is 434 g/mol. The Bertz CT molecular complexity index is 1250. The largest absolute Gasteiger partial charge is 0.484 e. The number of rotatable bonds is 8. The molecule has 8 heteroatoms. The number of nitriles is 1. The van der Waals surface area contributed by atoms with Crippen molar-refractivity contribution in [3.63, 3.8) is 0 Å². The van der Waals surface area contributed by atoms with Crippen LogP contribution < -0.4 is 15.4 Å². The molecule has 170 valence electrons. The van der Waals surface area contributed by atoms with E-state index in [1.54, 1.807) is 36.4 Å². The molecule has 0 unspecified atom stereocenters. The van der Waals surface area contributed by atoms with E-state index < -0.39 is 11.9 Å². The van der Waals surface area contributed by atoms with Crippen LogP contribution in [0.3, 0.4) is 0 Å². The summed E-state index contributed by atoms with van der Waals surface area (Å²) in [5.74, 6) is -1.01. The van der Waals surface area contributed by atoms with Crippen LogP contribution in [0.4, 0.5) is 11.4 Å². The van der Waals surface area contributed by atoms with Gasteiger partial charge in [-0.15, -0.1) is 0 Å². The standard InChI is InChI=1S/C26H21N3O5/c1-33-26(32)19-10-12-22(13-11-19)29-25(31)20(16-27)14-18-6-5-9-23(15-18)34-17-24(30)28-21-7-3-2-4-8-21/h2-15H,17H2,1H3,(H,28,30)(H,29,31)/b20-14-. The van der Waals surface area contributed by atoms with Gasteiger partial charge in [-0.25, -0.2) is 4.79 Å². The average Bonchev–Trinajstić information content (AvgIpc) is 2.87.